The van der Waals surface area contributed by atoms with E-state index in [1.807, 2.05) is 36.5 Å². The van der Waals surface area contributed by atoms with Crippen molar-refractivity contribution in [3.05, 3.63) is 48.7 Å². The molecule has 152 valence electrons. The van der Waals surface area contributed by atoms with Crippen LogP contribution in [0.3, 0.4) is 0 Å². The summed E-state index contributed by atoms with van der Waals surface area (Å²) in [6.07, 6.45) is 1.20. The van der Waals surface area contributed by atoms with Crippen molar-refractivity contribution in [1.29, 1.82) is 0 Å². The standard InChI is InChI=1S/C20H24N6O2S/c21-19(29)23-13-17-14-26(20(27)28-17)16-6-4-15(5-7-16)24-9-11-25(12-10-24)18-3-1-2-8-22-18/h1-8,17H,9-14H2,(H3,21,23,29)/t17-/m0/s1. The van der Waals surface area contributed by atoms with Crippen molar-refractivity contribution in [1.82, 2.24) is 10.3 Å². The van der Waals surface area contributed by atoms with Gasteiger partial charge in [0.05, 0.1) is 13.1 Å². The smallest absolute Gasteiger partial charge is 0.414 e. The van der Waals surface area contributed by atoms with Crippen LogP contribution < -0.4 is 25.8 Å². The summed E-state index contributed by atoms with van der Waals surface area (Å²) in [6.45, 7) is 4.58. The molecule has 2 saturated heterocycles. The number of thiocarbonyl (C=S) groups is 1. The van der Waals surface area contributed by atoms with Crippen molar-refractivity contribution in [2.45, 2.75) is 6.10 Å². The van der Waals surface area contributed by atoms with E-state index in [0.717, 1.165) is 43.4 Å². The first-order chi connectivity index (χ1) is 14.1. The van der Waals surface area contributed by atoms with Gasteiger partial charge in [-0.25, -0.2) is 9.78 Å². The monoisotopic (exact) mass is 412 g/mol. The van der Waals surface area contributed by atoms with Gasteiger partial charge in [0.2, 0.25) is 0 Å². The van der Waals surface area contributed by atoms with E-state index < -0.39 is 0 Å². The summed E-state index contributed by atoms with van der Waals surface area (Å²) >= 11 is 4.80. The molecule has 8 nitrogen and oxygen atoms in total. The predicted molar refractivity (Wildman–Crippen MR) is 118 cm³/mol. The quantitative estimate of drug-likeness (QED) is 0.716. The number of nitrogens with zero attached hydrogens (tertiary/aromatic N) is 4. The molecule has 0 radical (unpaired) electrons. The van der Waals surface area contributed by atoms with Crippen LogP contribution in [0.15, 0.2) is 48.7 Å². The molecular formula is C20H24N6O2S. The normalized spacial score (nSPS) is 19.2. The Morgan fingerprint density at radius 2 is 1.79 bits per heavy atom. The van der Waals surface area contributed by atoms with Gasteiger partial charge in [-0.15, -0.1) is 0 Å². The Kier molecular flexibility index (Phi) is 5.66. The number of hydrogen-bond acceptors (Lipinski definition) is 6. The van der Waals surface area contributed by atoms with E-state index in [9.17, 15) is 4.79 Å². The molecule has 0 unspecified atom stereocenters. The van der Waals surface area contributed by atoms with E-state index in [4.69, 9.17) is 22.7 Å². The van der Waals surface area contributed by atoms with Gasteiger partial charge in [-0.2, -0.15) is 0 Å². The number of pyridine rings is 1. The maximum atomic E-state index is 12.2. The minimum atomic E-state index is -0.350. The Labute approximate surface area is 175 Å². The summed E-state index contributed by atoms with van der Waals surface area (Å²) in [5, 5.41) is 3.04. The molecule has 0 saturated carbocycles. The zero-order valence-electron chi connectivity index (χ0n) is 16.0. The number of rotatable bonds is 5. The fourth-order valence-electron chi connectivity index (χ4n) is 3.63. The molecule has 3 heterocycles. The van der Waals surface area contributed by atoms with Gasteiger partial charge in [-0.3, -0.25) is 4.90 Å². The number of nitrogens with two attached hydrogens (primary N) is 1. The second kappa shape index (κ2) is 8.52. The topological polar surface area (TPSA) is 87.0 Å². The van der Waals surface area contributed by atoms with Gasteiger partial charge in [0, 0.05) is 43.8 Å². The Morgan fingerprint density at radius 1 is 1.10 bits per heavy atom. The van der Waals surface area contributed by atoms with Gasteiger partial charge < -0.3 is 25.6 Å². The van der Waals surface area contributed by atoms with Crippen molar-refractivity contribution in [3.8, 4) is 0 Å². The van der Waals surface area contributed by atoms with Gasteiger partial charge in [-0.05, 0) is 48.6 Å². The van der Waals surface area contributed by atoms with Crippen LogP contribution in [-0.2, 0) is 4.74 Å². The molecule has 2 aromatic rings. The molecule has 2 aliphatic heterocycles. The van der Waals surface area contributed by atoms with Crippen molar-refractivity contribution >= 4 is 40.6 Å². The van der Waals surface area contributed by atoms with E-state index in [1.165, 1.54) is 0 Å². The molecule has 2 fully saturated rings. The van der Waals surface area contributed by atoms with Crippen LogP contribution in [-0.4, -0.2) is 61.6 Å². The molecule has 4 rings (SSSR count). The predicted octanol–water partition coefficient (Wildman–Crippen LogP) is 1.57. The van der Waals surface area contributed by atoms with E-state index >= 15 is 0 Å². The Bertz CT molecular complexity index is 855. The lowest BCUT2D eigenvalue weighted by atomic mass is 10.2. The zero-order chi connectivity index (χ0) is 20.2. The number of carbonyl (C=O) groups excluding carboxylic acids is 1. The van der Waals surface area contributed by atoms with Crippen LogP contribution in [0.25, 0.3) is 0 Å². The first-order valence-electron chi connectivity index (χ1n) is 9.62. The molecule has 3 N–H and O–H groups in total. The molecule has 9 heteroatoms. The number of cyclic esters (lactones) is 1. The number of aromatic nitrogens is 1. The van der Waals surface area contributed by atoms with Crippen molar-refractivity contribution in [3.63, 3.8) is 0 Å². The number of ether oxygens (including phenoxy) is 1. The number of nitrogens with one attached hydrogen (secondary N) is 1. The molecule has 1 atom stereocenters. The van der Waals surface area contributed by atoms with Crippen molar-refractivity contribution in [2.75, 3.05) is 54.0 Å². The van der Waals surface area contributed by atoms with Gasteiger partial charge in [-0.1, -0.05) is 6.07 Å². The summed E-state index contributed by atoms with van der Waals surface area (Å²) in [4.78, 5) is 22.9. The summed E-state index contributed by atoms with van der Waals surface area (Å²) < 4.78 is 5.37. The highest BCUT2D eigenvalue weighted by molar-refractivity contribution is 7.80. The number of carbonyl (C=O) groups is 1. The third-order valence-electron chi connectivity index (χ3n) is 5.16. The third kappa shape index (κ3) is 4.51. The molecule has 1 amide bonds. The van der Waals surface area contributed by atoms with Crippen LogP contribution in [0, 0.1) is 0 Å². The van der Waals surface area contributed by atoms with Gasteiger partial charge in [0.25, 0.3) is 0 Å². The molecule has 0 bridgehead atoms. The minimum absolute atomic E-state index is 0.201. The summed E-state index contributed by atoms with van der Waals surface area (Å²) in [7, 11) is 0. The van der Waals surface area contributed by atoms with E-state index in [1.54, 1.807) is 4.90 Å². The highest BCUT2D eigenvalue weighted by atomic mass is 32.1. The number of piperazine rings is 1. The third-order valence-corrected chi connectivity index (χ3v) is 5.30. The average molecular weight is 413 g/mol. The van der Waals surface area contributed by atoms with E-state index in [0.29, 0.717) is 13.1 Å². The van der Waals surface area contributed by atoms with Crippen LogP contribution >= 0.6 is 12.2 Å². The second-order valence-corrected chi connectivity index (χ2v) is 7.48. The molecule has 29 heavy (non-hydrogen) atoms. The minimum Gasteiger partial charge on any atom is -0.442 e. The first-order valence-corrected chi connectivity index (χ1v) is 10.0. The SMILES string of the molecule is NC(=S)NC[C@H]1CN(c2ccc(N3CCN(c4ccccn4)CC3)cc2)C(=O)O1. The lowest BCUT2D eigenvalue weighted by molar-refractivity contribution is 0.143. The van der Waals surface area contributed by atoms with Crippen molar-refractivity contribution < 1.29 is 9.53 Å². The van der Waals surface area contributed by atoms with E-state index in [-0.39, 0.29) is 17.3 Å². The lowest BCUT2D eigenvalue weighted by Gasteiger charge is -2.36. The van der Waals surface area contributed by atoms with Gasteiger partial charge >= 0.3 is 6.09 Å². The van der Waals surface area contributed by atoms with Crippen LogP contribution in [0.1, 0.15) is 0 Å². The van der Waals surface area contributed by atoms with Crippen LogP contribution in [0.5, 0.6) is 0 Å². The fraction of sp³-hybridized carbons (Fsp3) is 0.350. The molecular weight excluding hydrogens is 388 g/mol. The largest absolute Gasteiger partial charge is 0.442 e. The summed E-state index contributed by atoms with van der Waals surface area (Å²) in [5.74, 6) is 1.02. The number of benzene rings is 1. The molecule has 0 aliphatic carbocycles. The van der Waals surface area contributed by atoms with Crippen molar-refractivity contribution in [2.24, 2.45) is 5.73 Å². The Hall–Kier alpha value is -3.07. The Morgan fingerprint density at radius 3 is 2.45 bits per heavy atom. The van der Waals surface area contributed by atoms with Gasteiger partial charge in [0.1, 0.15) is 11.9 Å². The maximum Gasteiger partial charge on any atom is 0.414 e. The van der Waals surface area contributed by atoms with Crippen LogP contribution in [0.2, 0.25) is 0 Å². The first kappa shape index (κ1) is 19.3. The Balaban J connectivity index is 1.34. The molecule has 2 aliphatic rings. The van der Waals surface area contributed by atoms with Gasteiger partial charge in [0.15, 0.2) is 5.11 Å². The average Bonchev–Trinajstić information content (AvgIpc) is 3.14. The second-order valence-electron chi connectivity index (χ2n) is 7.04. The molecule has 1 aromatic heterocycles. The highest BCUT2D eigenvalue weighted by Gasteiger charge is 2.32. The molecule has 0 spiro atoms. The zero-order valence-corrected chi connectivity index (χ0v) is 16.8. The number of anilines is 3. The number of amides is 1. The summed E-state index contributed by atoms with van der Waals surface area (Å²) in [5.41, 5.74) is 7.41. The fourth-order valence-corrected chi connectivity index (χ4v) is 3.71. The van der Waals surface area contributed by atoms with Crippen LogP contribution in [0.4, 0.5) is 22.0 Å². The summed E-state index contributed by atoms with van der Waals surface area (Å²) in [6, 6.07) is 14.0. The highest BCUT2D eigenvalue weighted by Crippen LogP contribution is 2.26. The lowest BCUT2D eigenvalue weighted by Crippen LogP contribution is -2.46. The maximum absolute atomic E-state index is 12.2. The molecule has 1 aromatic carbocycles. The van der Waals surface area contributed by atoms with E-state index in [2.05, 4.69) is 32.2 Å². The number of hydrogen-bond donors (Lipinski definition) is 2.